The van der Waals surface area contributed by atoms with Gasteiger partial charge in [0.05, 0.1) is 12.7 Å². The fraction of sp³-hybridized carbons (Fsp3) is 0.588. The van der Waals surface area contributed by atoms with Crippen molar-refractivity contribution in [3.8, 4) is 0 Å². The third kappa shape index (κ3) is 2.47. The second-order valence-electron chi connectivity index (χ2n) is 6.40. The van der Waals surface area contributed by atoms with E-state index < -0.39 is 6.10 Å². The first-order chi connectivity index (χ1) is 10.1. The quantitative estimate of drug-likeness (QED) is 0.890. The van der Waals surface area contributed by atoms with Crippen molar-refractivity contribution in [3.05, 3.63) is 35.4 Å². The van der Waals surface area contributed by atoms with Gasteiger partial charge >= 0.3 is 0 Å². The number of aliphatic hydroxyl groups excluding tert-OH is 1. The van der Waals surface area contributed by atoms with Crippen molar-refractivity contribution in [1.82, 2.24) is 4.90 Å². The summed E-state index contributed by atoms with van der Waals surface area (Å²) in [6.07, 6.45) is 2.50. The third-order valence-electron chi connectivity index (χ3n) is 4.99. The molecule has 114 valence electrons. The summed E-state index contributed by atoms with van der Waals surface area (Å²) in [5.74, 6) is 0.239. The van der Waals surface area contributed by atoms with E-state index in [1.165, 1.54) is 11.1 Å². The Balaban J connectivity index is 1.67. The number of aryl methyl sites for hydroxylation is 1. The molecule has 0 saturated heterocycles. The Morgan fingerprint density at radius 3 is 3.05 bits per heavy atom. The molecule has 1 N–H and O–H groups in total. The zero-order valence-corrected chi connectivity index (χ0v) is 12.7. The van der Waals surface area contributed by atoms with Crippen LogP contribution in [0, 0.1) is 5.92 Å². The number of hydrogen-bond donors (Lipinski definition) is 1. The first kappa shape index (κ1) is 14.5. The maximum atomic E-state index is 12.6. The van der Waals surface area contributed by atoms with Gasteiger partial charge in [-0.15, -0.1) is 0 Å². The highest BCUT2D eigenvalue weighted by atomic mass is 16.5. The topological polar surface area (TPSA) is 49.8 Å². The van der Waals surface area contributed by atoms with Crippen molar-refractivity contribution in [2.24, 2.45) is 5.92 Å². The lowest BCUT2D eigenvalue weighted by Crippen LogP contribution is -2.38. The van der Waals surface area contributed by atoms with Crippen LogP contribution in [-0.4, -0.2) is 49.3 Å². The average Bonchev–Trinajstić information content (AvgIpc) is 3.08. The molecule has 0 unspecified atom stereocenters. The zero-order chi connectivity index (χ0) is 15.0. The number of hydrogen-bond acceptors (Lipinski definition) is 3. The summed E-state index contributed by atoms with van der Waals surface area (Å²) in [7, 11) is 3.32. The van der Waals surface area contributed by atoms with Crippen LogP contribution in [0.3, 0.4) is 0 Å². The number of likely N-dealkylation sites (N-methyl/N-ethyl adjacent to an activating group) is 1. The van der Waals surface area contributed by atoms with Crippen LogP contribution in [0.2, 0.25) is 0 Å². The van der Waals surface area contributed by atoms with Gasteiger partial charge in [0.2, 0.25) is 5.91 Å². The van der Waals surface area contributed by atoms with Crippen LogP contribution in [0.25, 0.3) is 0 Å². The van der Waals surface area contributed by atoms with Crippen LogP contribution >= 0.6 is 0 Å². The molecular formula is C17H23NO3. The van der Waals surface area contributed by atoms with Crippen LogP contribution in [0.1, 0.15) is 24.0 Å². The number of amides is 1. The van der Waals surface area contributed by atoms with Crippen molar-refractivity contribution >= 4 is 5.91 Å². The van der Waals surface area contributed by atoms with Gasteiger partial charge in [-0.3, -0.25) is 4.79 Å². The van der Waals surface area contributed by atoms with Crippen LogP contribution in [0.15, 0.2) is 24.3 Å². The van der Waals surface area contributed by atoms with E-state index in [0.29, 0.717) is 6.54 Å². The Bertz CT molecular complexity index is 545. The van der Waals surface area contributed by atoms with Gasteiger partial charge in [-0.2, -0.15) is 0 Å². The highest BCUT2D eigenvalue weighted by molar-refractivity contribution is 5.85. The first-order valence-corrected chi connectivity index (χ1v) is 7.59. The minimum atomic E-state index is -0.616. The standard InChI is InChI=1S/C17H23NO3/c1-18(10-13(19)11-21-2)16(20)15-9-17(15)8-7-12-5-3-4-6-14(12)17/h3-6,13,15,19H,7-11H2,1-2H3/t13-,15+,17-/m1/s1. The van der Waals surface area contributed by atoms with E-state index in [4.69, 9.17) is 4.74 Å². The van der Waals surface area contributed by atoms with E-state index in [9.17, 15) is 9.90 Å². The summed E-state index contributed by atoms with van der Waals surface area (Å²) >= 11 is 0. The molecule has 0 bridgehead atoms. The van der Waals surface area contributed by atoms with E-state index in [1.54, 1.807) is 19.1 Å². The Morgan fingerprint density at radius 1 is 1.52 bits per heavy atom. The second kappa shape index (κ2) is 5.43. The molecule has 0 radical (unpaired) electrons. The summed E-state index contributed by atoms with van der Waals surface area (Å²) in [6, 6.07) is 8.49. The summed E-state index contributed by atoms with van der Waals surface area (Å²) in [5.41, 5.74) is 2.85. The number of methoxy groups -OCH3 is 1. The third-order valence-corrected chi connectivity index (χ3v) is 4.99. The molecule has 3 rings (SSSR count). The highest BCUT2D eigenvalue weighted by Gasteiger charge is 2.61. The summed E-state index contributed by atoms with van der Waals surface area (Å²) < 4.78 is 4.91. The molecule has 4 nitrogen and oxygen atoms in total. The second-order valence-corrected chi connectivity index (χ2v) is 6.40. The SMILES string of the molecule is COC[C@H](O)CN(C)C(=O)[C@@H]1C[C@@]12CCc1ccccc12. The predicted octanol–water partition coefficient (Wildman–Crippen LogP) is 1.36. The molecule has 1 aromatic rings. The lowest BCUT2D eigenvalue weighted by molar-refractivity contribution is -0.133. The Labute approximate surface area is 125 Å². The van der Waals surface area contributed by atoms with Gasteiger partial charge in [0.15, 0.2) is 0 Å². The maximum absolute atomic E-state index is 12.6. The number of aliphatic hydroxyl groups is 1. The van der Waals surface area contributed by atoms with Crippen molar-refractivity contribution in [2.45, 2.75) is 30.8 Å². The monoisotopic (exact) mass is 289 g/mol. The molecule has 1 saturated carbocycles. The van der Waals surface area contributed by atoms with Gasteiger partial charge in [-0.25, -0.2) is 0 Å². The highest BCUT2D eigenvalue weighted by Crippen LogP contribution is 2.61. The smallest absolute Gasteiger partial charge is 0.226 e. The number of ether oxygens (including phenoxy) is 1. The molecule has 0 heterocycles. The zero-order valence-electron chi connectivity index (χ0n) is 12.7. The number of carbonyl (C=O) groups is 1. The van der Waals surface area contributed by atoms with Crippen molar-refractivity contribution in [3.63, 3.8) is 0 Å². The number of fused-ring (bicyclic) bond motifs is 2. The number of rotatable bonds is 5. The van der Waals surface area contributed by atoms with Gasteiger partial charge < -0.3 is 14.7 Å². The van der Waals surface area contributed by atoms with Crippen molar-refractivity contribution in [1.29, 1.82) is 0 Å². The van der Waals surface area contributed by atoms with Gasteiger partial charge in [-0.1, -0.05) is 24.3 Å². The molecule has 1 fully saturated rings. The summed E-state index contributed by atoms with van der Waals surface area (Å²) in [4.78, 5) is 14.2. The molecule has 2 aliphatic carbocycles. The molecular weight excluding hydrogens is 266 g/mol. The fourth-order valence-electron chi connectivity index (χ4n) is 3.84. The normalized spacial score (nSPS) is 27.5. The van der Waals surface area contributed by atoms with Crippen LogP contribution in [0.5, 0.6) is 0 Å². The van der Waals surface area contributed by atoms with E-state index >= 15 is 0 Å². The Hall–Kier alpha value is -1.39. The molecule has 4 heteroatoms. The Morgan fingerprint density at radius 2 is 2.29 bits per heavy atom. The number of carbonyl (C=O) groups excluding carboxylic acids is 1. The van der Waals surface area contributed by atoms with Gasteiger partial charge in [0, 0.05) is 32.0 Å². The first-order valence-electron chi connectivity index (χ1n) is 7.59. The van der Waals surface area contributed by atoms with Crippen LogP contribution in [-0.2, 0) is 21.4 Å². The van der Waals surface area contributed by atoms with Gasteiger partial charge in [0.1, 0.15) is 0 Å². The van der Waals surface area contributed by atoms with Gasteiger partial charge in [-0.05, 0) is 30.4 Å². The van der Waals surface area contributed by atoms with Gasteiger partial charge in [0.25, 0.3) is 0 Å². The molecule has 1 amide bonds. The van der Waals surface area contributed by atoms with E-state index in [-0.39, 0.29) is 23.8 Å². The Kier molecular flexibility index (Phi) is 3.76. The molecule has 21 heavy (non-hydrogen) atoms. The van der Waals surface area contributed by atoms with E-state index in [0.717, 1.165) is 19.3 Å². The van der Waals surface area contributed by atoms with E-state index in [2.05, 4.69) is 24.3 Å². The number of nitrogens with zero attached hydrogens (tertiary/aromatic N) is 1. The molecule has 0 aromatic heterocycles. The molecule has 2 aliphatic rings. The summed E-state index contributed by atoms with van der Waals surface area (Å²) in [5, 5.41) is 9.77. The molecule has 0 aliphatic heterocycles. The van der Waals surface area contributed by atoms with Crippen LogP contribution in [0.4, 0.5) is 0 Å². The lowest BCUT2D eigenvalue weighted by atomic mass is 9.95. The number of benzene rings is 1. The summed E-state index contributed by atoms with van der Waals surface area (Å²) in [6.45, 7) is 0.594. The van der Waals surface area contributed by atoms with Crippen LogP contribution < -0.4 is 0 Å². The largest absolute Gasteiger partial charge is 0.389 e. The lowest BCUT2D eigenvalue weighted by Gasteiger charge is -2.22. The fourth-order valence-corrected chi connectivity index (χ4v) is 3.84. The van der Waals surface area contributed by atoms with Crippen molar-refractivity contribution < 1.29 is 14.6 Å². The minimum absolute atomic E-state index is 0.0775. The predicted molar refractivity (Wildman–Crippen MR) is 80.1 cm³/mol. The van der Waals surface area contributed by atoms with Crippen molar-refractivity contribution in [2.75, 3.05) is 27.3 Å². The molecule has 1 spiro atoms. The minimum Gasteiger partial charge on any atom is -0.389 e. The molecule has 3 atom stereocenters. The van der Waals surface area contributed by atoms with E-state index in [1.807, 2.05) is 0 Å². The molecule has 1 aromatic carbocycles. The maximum Gasteiger partial charge on any atom is 0.226 e. The average molecular weight is 289 g/mol.